The Balaban J connectivity index is 1.51. The first-order valence-corrected chi connectivity index (χ1v) is 9.89. The second-order valence-corrected chi connectivity index (χ2v) is 7.53. The van der Waals surface area contributed by atoms with Crippen LogP contribution >= 0.6 is 0 Å². The molecule has 9 heteroatoms. The van der Waals surface area contributed by atoms with E-state index >= 15 is 0 Å². The molecule has 1 atom stereocenters. The normalized spacial score (nSPS) is 15.8. The van der Waals surface area contributed by atoms with Crippen molar-refractivity contribution in [1.29, 1.82) is 5.26 Å². The molecule has 4 aromatic rings. The lowest BCUT2D eigenvalue weighted by molar-refractivity contribution is 0.141. The maximum absolute atomic E-state index is 13.4. The minimum atomic E-state index is -2.81. The predicted octanol–water partition coefficient (Wildman–Crippen LogP) is 4.42. The molecule has 3 heterocycles. The zero-order chi connectivity index (χ0) is 21.5. The first-order chi connectivity index (χ1) is 15.0. The Bertz CT molecular complexity index is 1320. The molecule has 0 N–H and O–H groups in total. The fourth-order valence-electron chi connectivity index (χ4n) is 4.01. The average Bonchev–Trinajstić information content (AvgIpc) is 3.38. The van der Waals surface area contributed by atoms with Crippen molar-refractivity contribution in [2.24, 2.45) is 7.05 Å². The average molecular weight is 420 g/mol. The molecule has 0 radical (unpaired) electrons. The number of benzene rings is 1. The second kappa shape index (κ2) is 7.47. The maximum Gasteiger partial charge on any atom is 0.281 e. The van der Waals surface area contributed by atoms with Gasteiger partial charge in [-0.25, -0.2) is 18.4 Å². The number of pyridine rings is 1. The van der Waals surface area contributed by atoms with Crippen LogP contribution in [0.2, 0.25) is 0 Å². The van der Waals surface area contributed by atoms with E-state index in [0.717, 1.165) is 28.6 Å². The number of rotatable bonds is 4. The van der Waals surface area contributed by atoms with Crippen molar-refractivity contribution in [2.45, 2.75) is 31.8 Å². The van der Waals surface area contributed by atoms with Gasteiger partial charge in [-0.1, -0.05) is 0 Å². The van der Waals surface area contributed by atoms with Gasteiger partial charge < -0.3 is 4.74 Å². The lowest BCUT2D eigenvalue weighted by Crippen LogP contribution is -2.19. The number of halogens is 2. The molecule has 5 rings (SSSR count). The third kappa shape index (κ3) is 3.40. The van der Waals surface area contributed by atoms with E-state index in [1.807, 2.05) is 37.5 Å². The van der Waals surface area contributed by atoms with Crippen LogP contribution in [0, 0.1) is 11.3 Å². The largest absolute Gasteiger partial charge is 0.484 e. The number of fused-ring (bicyclic) bond motifs is 2. The quantitative estimate of drug-likeness (QED) is 0.488. The fourth-order valence-corrected chi connectivity index (χ4v) is 4.01. The number of nitriles is 1. The van der Waals surface area contributed by atoms with E-state index < -0.39 is 18.2 Å². The Labute approximate surface area is 176 Å². The van der Waals surface area contributed by atoms with E-state index in [0.29, 0.717) is 24.3 Å². The molecule has 0 fully saturated rings. The van der Waals surface area contributed by atoms with Gasteiger partial charge in [0.25, 0.3) is 6.43 Å². The first kappa shape index (κ1) is 19.2. The van der Waals surface area contributed by atoms with Gasteiger partial charge in [-0.3, -0.25) is 4.68 Å². The fraction of sp³-hybridized carbons (Fsp3) is 0.273. The number of hydrogen-bond donors (Lipinski definition) is 0. The molecule has 156 valence electrons. The zero-order valence-electron chi connectivity index (χ0n) is 16.7. The highest BCUT2D eigenvalue weighted by Crippen LogP contribution is 2.36. The van der Waals surface area contributed by atoms with E-state index in [-0.39, 0.29) is 5.56 Å². The van der Waals surface area contributed by atoms with Crippen molar-refractivity contribution < 1.29 is 13.5 Å². The smallest absolute Gasteiger partial charge is 0.281 e. The highest BCUT2D eigenvalue weighted by atomic mass is 19.3. The van der Waals surface area contributed by atoms with Crippen LogP contribution in [-0.2, 0) is 13.5 Å². The molecule has 1 aliphatic carbocycles. The van der Waals surface area contributed by atoms with Crippen molar-refractivity contribution in [3.63, 3.8) is 0 Å². The molecular formula is C22H18F2N6O. The van der Waals surface area contributed by atoms with Crippen LogP contribution < -0.4 is 4.74 Å². The van der Waals surface area contributed by atoms with Gasteiger partial charge in [0.15, 0.2) is 0 Å². The van der Waals surface area contributed by atoms with Gasteiger partial charge >= 0.3 is 0 Å². The molecule has 0 saturated carbocycles. The Morgan fingerprint density at radius 1 is 1.23 bits per heavy atom. The lowest BCUT2D eigenvalue weighted by atomic mass is 9.92. The summed E-state index contributed by atoms with van der Waals surface area (Å²) in [6.07, 6.45) is 4.26. The van der Waals surface area contributed by atoms with Crippen LogP contribution in [0.4, 0.5) is 8.78 Å². The maximum atomic E-state index is 13.4. The van der Waals surface area contributed by atoms with Crippen LogP contribution in [0.1, 0.15) is 47.9 Å². The number of alkyl halides is 2. The number of hydrogen-bond acceptors (Lipinski definition) is 5. The Kier molecular flexibility index (Phi) is 4.62. The minimum absolute atomic E-state index is 0.0730. The Morgan fingerprint density at radius 3 is 2.84 bits per heavy atom. The summed E-state index contributed by atoms with van der Waals surface area (Å²) < 4.78 is 36.5. The highest BCUT2D eigenvalue weighted by Gasteiger charge is 2.28. The third-order valence-corrected chi connectivity index (χ3v) is 5.47. The molecule has 7 nitrogen and oxygen atoms in total. The zero-order valence-corrected chi connectivity index (χ0v) is 16.7. The molecular weight excluding hydrogens is 402 g/mol. The molecule has 1 aromatic carbocycles. The van der Waals surface area contributed by atoms with Gasteiger partial charge in [-0.15, -0.1) is 0 Å². The Hall–Kier alpha value is -3.80. The topological polar surface area (TPSA) is 81.5 Å². The number of ether oxygens (including phenoxy) is 1. The summed E-state index contributed by atoms with van der Waals surface area (Å²) in [5.74, 6) is 0.598. The minimum Gasteiger partial charge on any atom is -0.484 e. The van der Waals surface area contributed by atoms with Crippen molar-refractivity contribution in [3.8, 4) is 17.5 Å². The molecule has 31 heavy (non-hydrogen) atoms. The third-order valence-electron chi connectivity index (χ3n) is 5.47. The van der Waals surface area contributed by atoms with Crippen LogP contribution in [0.5, 0.6) is 5.75 Å². The monoisotopic (exact) mass is 420 g/mol. The highest BCUT2D eigenvalue weighted by molar-refractivity contribution is 5.81. The summed E-state index contributed by atoms with van der Waals surface area (Å²) in [7, 11) is 1.84. The standard InChI is InChI=1S/C22H18F2N6O/c1-29-12-16(11-26-29)30-18-8-17(6-5-14(18)10-27-30)31-19-4-2-3-13-7-15(9-25)21(22(23)24)28-20(13)19/h5-8,10-12,19,22H,2-4H2,1H3/t19-/m0/s1. The van der Waals surface area contributed by atoms with Gasteiger partial charge in [-0.2, -0.15) is 15.5 Å². The van der Waals surface area contributed by atoms with Gasteiger partial charge in [0.1, 0.15) is 29.3 Å². The molecule has 0 unspecified atom stereocenters. The summed E-state index contributed by atoms with van der Waals surface area (Å²) in [4.78, 5) is 4.16. The van der Waals surface area contributed by atoms with Crippen molar-refractivity contribution >= 4 is 10.9 Å². The predicted molar refractivity (Wildman–Crippen MR) is 108 cm³/mol. The molecule has 0 saturated heterocycles. The van der Waals surface area contributed by atoms with E-state index in [9.17, 15) is 14.0 Å². The lowest BCUT2D eigenvalue weighted by Gasteiger charge is -2.26. The van der Waals surface area contributed by atoms with E-state index in [1.165, 1.54) is 6.07 Å². The second-order valence-electron chi connectivity index (χ2n) is 7.53. The summed E-state index contributed by atoms with van der Waals surface area (Å²) in [5, 5.41) is 18.8. The van der Waals surface area contributed by atoms with E-state index in [1.54, 1.807) is 21.8 Å². The van der Waals surface area contributed by atoms with Crippen LogP contribution in [-0.4, -0.2) is 24.5 Å². The van der Waals surface area contributed by atoms with Gasteiger partial charge in [0, 0.05) is 18.5 Å². The van der Waals surface area contributed by atoms with Crippen molar-refractivity contribution in [1.82, 2.24) is 24.5 Å². The van der Waals surface area contributed by atoms with Gasteiger partial charge in [0.2, 0.25) is 0 Å². The van der Waals surface area contributed by atoms with E-state index in [4.69, 9.17) is 4.74 Å². The molecule has 0 aliphatic heterocycles. The van der Waals surface area contributed by atoms with Crippen molar-refractivity contribution in [2.75, 3.05) is 0 Å². The molecule has 1 aliphatic rings. The molecule has 0 amide bonds. The Morgan fingerprint density at radius 2 is 2.10 bits per heavy atom. The van der Waals surface area contributed by atoms with Crippen LogP contribution in [0.15, 0.2) is 42.9 Å². The van der Waals surface area contributed by atoms with Crippen LogP contribution in [0.25, 0.3) is 16.6 Å². The summed E-state index contributed by atoms with van der Waals surface area (Å²) in [6, 6.07) is 8.98. The van der Waals surface area contributed by atoms with E-state index in [2.05, 4.69) is 15.2 Å². The van der Waals surface area contributed by atoms with Gasteiger partial charge in [0.05, 0.1) is 35.4 Å². The summed E-state index contributed by atoms with van der Waals surface area (Å²) in [5.41, 5.74) is 2.39. The van der Waals surface area contributed by atoms with Crippen molar-refractivity contribution in [3.05, 3.63) is 65.4 Å². The van der Waals surface area contributed by atoms with Crippen LogP contribution in [0.3, 0.4) is 0 Å². The molecule has 0 spiro atoms. The number of aromatic nitrogens is 5. The summed E-state index contributed by atoms with van der Waals surface area (Å²) >= 11 is 0. The number of aryl methyl sites for hydroxylation is 2. The first-order valence-electron chi connectivity index (χ1n) is 9.89. The molecule has 3 aromatic heterocycles. The SMILES string of the molecule is Cn1cc(-n2ncc3ccc(O[C@H]4CCCc5cc(C#N)c(C(F)F)nc54)cc32)cn1. The number of nitrogens with zero attached hydrogens (tertiary/aromatic N) is 6. The van der Waals surface area contributed by atoms with Gasteiger partial charge in [-0.05, 0) is 43.0 Å². The molecule has 0 bridgehead atoms. The summed E-state index contributed by atoms with van der Waals surface area (Å²) in [6.45, 7) is 0.